The summed E-state index contributed by atoms with van der Waals surface area (Å²) >= 11 is 1.46. The minimum Gasteiger partial charge on any atom is -0.467 e. The third-order valence-electron chi connectivity index (χ3n) is 6.27. The molecule has 0 aliphatic carbocycles. The Morgan fingerprint density at radius 2 is 1.86 bits per heavy atom. The number of aromatic nitrogens is 1. The van der Waals surface area contributed by atoms with Gasteiger partial charge in [0.1, 0.15) is 5.76 Å². The van der Waals surface area contributed by atoms with Gasteiger partial charge < -0.3 is 4.42 Å². The van der Waals surface area contributed by atoms with Crippen molar-refractivity contribution >= 4 is 42.6 Å². The van der Waals surface area contributed by atoms with Crippen LogP contribution >= 0.6 is 11.3 Å². The fourth-order valence-electron chi connectivity index (χ4n) is 4.26. The predicted molar refractivity (Wildman–Crippen MR) is 137 cm³/mol. The number of anilines is 1. The topological polar surface area (TPSA) is 83.7 Å². The molecule has 0 bridgehead atoms. The number of carbonyl (C=O) groups excluding carboxylic acids is 1. The van der Waals surface area contributed by atoms with Crippen LogP contribution < -0.4 is 4.90 Å². The second-order valence-electron chi connectivity index (χ2n) is 8.61. The molecule has 1 aliphatic heterocycles. The van der Waals surface area contributed by atoms with Crippen LogP contribution in [0.1, 0.15) is 47.9 Å². The number of hydrogen-bond acceptors (Lipinski definition) is 6. The van der Waals surface area contributed by atoms with Gasteiger partial charge in [-0.25, -0.2) is 13.4 Å². The summed E-state index contributed by atoms with van der Waals surface area (Å²) in [4.78, 5) is 20.1. The van der Waals surface area contributed by atoms with E-state index in [1.54, 1.807) is 29.4 Å². The highest BCUT2D eigenvalue weighted by molar-refractivity contribution is 7.89. The zero-order valence-electron chi connectivity index (χ0n) is 19.5. The third kappa shape index (κ3) is 4.89. The summed E-state index contributed by atoms with van der Waals surface area (Å²) in [7, 11) is -3.56. The van der Waals surface area contributed by atoms with E-state index < -0.39 is 10.0 Å². The number of sulfonamides is 1. The Hall–Kier alpha value is -3.01. The van der Waals surface area contributed by atoms with Crippen LogP contribution in [0.4, 0.5) is 5.13 Å². The van der Waals surface area contributed by atoms with Gasteiger partial charge in [0.15, 0.2) is 5.13 Å². The van der Waals surface area contributed by atoms with Crippen molar-refractivity contribution in [1.29, 1.82) is 0 Å². The Kier molecular flexibility index (Phi) is 6.73. The Morgan fingerprint density at radius 1 is 1.09 bits per heavy atom. The summed E-state index contributed by atoms with van der Waals surface area (Å²) in [5.41, 5.74) is 2.44. The maximum absolute atomic E-state index is 13.6. The predicted octanol–water partition coefficient (Wildman–Crippen LogP) is 5.47. The Balaban J connectivity index is 1.46. The zero-order valence-corrected chi connectivity index (χ0v) is 21.1. The number of benzene rings is 2. The maximum atomic E-state index is 13.6. The maximum Gasteiger partial charge on any atom is 0.260 e. The SMILES string of the molecule is CCc1ccc2nc(N(Cc3ccco3)C(=O)c3ccc(S(=O)(=O)N4CCCCC4)cc3)sc2c1. The lowest BCUT2D eigenvalue weighted by molar-refractivity contribution is 0.0983. The van der Waals surface area contributed by atoms with Gasteiger partial charge in [-0.05, 0) is 73.4 Å². The lowest BCUT2D eigenvalue weighted by atomic mass is 10.2. The Morgan fingerprint density at radius 3 is 2.54 bits per heavy atom. The number of aryl methyl sites for hydroxylation is 1. The van der Waals surface area contributed by atoms with Gasteiger partial charge in [-0.1, -0.05) is 30.7 Å². The van der Waals surface area contributed by atoms with Crippen molar-refractivity contribution in [1.82, 2.24) is 9.29 Å². The van der Waals surface area contributed by atoms with Crippen molar-refractivity contribution in [3.05, 3.63) is 77.7 Å². The monoisotopic (exact) mass is 509 g/mol. The highest BCUT2D eigenvalue weighted by Crippen LogP contribution is 2.32. The van der Waals surface area contributed by atoms with Gasteiger partial charge >= 0.3 is 0 Å². The molecule has 0 spiro atoms. The lowest BCUT2D eigenvalue weighted by Crippen LogP contribution is -2.35. The smallest absolute Gasteiger partial charge is 0.260 e. The number of amides is 1. The third-order valence-corrected chi connectivity index (χ3v) is 9.23. The Labute approximate surface area is 209 Å². The number of nitrogens with zero attached hydrogens (tertiary/aromatic N) is 3. The van der Waals surface area contributed by atoms with Crippen molar-refractivity contribution in [2.45, 2.75) is 44.0 Å². The minimum absolute atomic E-state index is 0.209. The van der Waals surface area contributed by atoms with Crippen LogP contribution in [0, 0.1) is 0 Å². The molecule has 1 aliphatic rings. The van der Waals surface area contributed by atoms with Gasteiger partial charge in [0.25, 0.3) is 5.91 Å². The summed E-state index contributed by atoms with van der Waals surface area (Å²) in [6.07, 6.45) is 5.30. The summed E-state index contributed by atoms with van der Waals surface area (Å²) in [6, 6.07) is 15.9. The molecule has 7 nitrogen and oxygen atoms in total. The van der Waals surface area contributed by atoms with Crippen molar-refractivity contribution < 1.29 is 17.6 Å². The average molecular weight is 510 g/mol. The van der Waals surface area contributed by atoms with Crippen LogP contribution in [0.15, 0.2) is 70.2 Å². The lowest BCUT2D eigenvalue weighted by Gasteiger charge is -2.26. The van der Waals surface area contributed by atoms with Gasteiger partial charge in [0.05, 0.1) is 27.9 Å². The largest absolute Gasteiger partial charge is 0.467 e. The fraction of sp³-hybridized carbons (Fsp3) is 0.308. The van der Waals surface area contributed by atoms with Crippen molar-refractivity contribution in [2.75, 3.05) is 18.0 Å². The molecule has 0 radical (unpaired) electrons. The number of piperidine rings is 1. The quantitative estimate of drug-likeness (QED) is 0.330. The number of fused-ring (bicyclic) bond motifs is 1. The van der Waals surface area contributed by atoms with Crippen molar-refractivity contribution in [2.24, 2.45) is 0 Å². The Bertz CT molecular complexity index is 1420. The van der Waals surface area contributed by atoms with E-state index in [2.05, 4.69) is 13.0 Å². The molecule has 3 heterocycles. The molecule has 2 aromatic carbocycles. The first kappa shape index (κ1) is 23.7. The number of furan rings is 1. The highest BCUT2D eigenvalue weighted by atomic mass is 32.2. The molecule has 0 atom stereocenters. The van der Waals surface area contributed by atoms with Gasteiger partial charge in [0, 0.05) is 18.7 Å². The van der Waals surface area contributed by atoms with E-state index in [4.69, 9.17) is 9.40 Å². The van der Waals surface area contributed by atoms with Gasteiger partial charge in [-0.15, -0.1) is 0 Å². The van der Waals surface area contributed by atoms with Crippen molar-refractivity contribution in [3.63, 3.8) is 0 Å². The van der Waals surface area contributed by atoms with Crippen LogP contribution in [0.3, 0.4) is 0 Å². The molecule has 5 rings (SSSR count). The standard InChI is InChI=1S/C26H27N3O4S2/c1-2-19-8-13-23-24(17-19)34-26(27-23)29(18-21-7-6-16-33-21)25(30)20-9-11-22(12-10-20)35(31,32)28-14-4-3-5-15-28/h6-13,16-17H,2-5,14-15,18H2,1H3. The molecule has 0 saturated carbocycles. The highest BCUT2D eigenvalue weighted by Gasteiger charge is 2.27. The van der Waals surface area contributed by atoms with E-state index in [-0.39, 0.29) is 17.3 Å². The molecule has 9 heteroatoms. The molecular weight excluding hydrogens is 482 g/mol. The summed E-state index contributed by atoms with van der Waals surface area (Å²) in [5.74, 6) is 0.370. The first-order valence-electron chi connectivity index (χ1n) is 11.8. The average Bonchev–Trinajstić information content (AvgIpc) is 3.56. The molecule has 4 aromatic rings. The van der Waals surface area contributed by atoms with Crippen LogP contribution in [0.2, 0.25) is 0 Å². The summed E-state index contributed by atoms with van der Waals surface area (Å²) in [6.45, 7) is 3.40. The van der Waals surface area contributed by atoms with Crippen LogP contribution in [0.5, 0.6) is 0 Å². The van der Waals surface area contributed by atoms with E-state index in [1.807, 2.05) is 18.2 Å². The normalized spacial score (nSPS) is 14.9. The number of hydrogen-bond donors (Lipinski definition) is 0. The molecular formula is C26H27N3O4S2. The van der Waals surface area contributed by atoms with E-state index in [0.29, 0.717) is 29.5 Å². The number of carbonyl (C=O) groups is 1. The second-order valence-corrected chi connectivity index (χ2v) is 11.6. The molecule has 1 amide bonds. The van der Waals surface area contributed by atoms with Gasteiger partial charge in [-0.3, -0.25) is 9.69 Å². The van der Waals surface area contributed by atoms with E-state index in [1.165, 1.54) is 33.3 Å². The van der Waals surface area contributed by atoms with Crippen LogP contribution in [-0.4, -0.2) is 36.7 Å². The molecule has 182 valence electrons. The number of rotatable bonds is 7. The first-order valence-corrected chi connectivity index (χ1v) is 14.1. The van der Waals surface area contributed by atoms with E-state index in [9.17, 15) is 13.2 Å². The number of thiazole rings is 1. The minimum atomic E-state index is -3.56. The van der Waals surface area contributed by atoms with Gasteiger partial charge in [-0.2, -0.15) is 4.31 Å². The molecule has 1 fully saturated rings. The van der Waals surface area contributed by atoms with Gasteiger partial charge in [0.2, 0.25) is 10.0 Å². The fourth-order valence-corrected chi connectivity index (χ4v) is 6.80. The van der Waals surface area contributed by atoms with Crippen LogP contribution in [-0.2, 0) is 23.0 Å². The molecule has 0 N–H and O–H groups in total. The summed E-state index contributed by atoms with van der Waals surface area (Å²) in [5, 5.41) is 0.569. The zero-order chi connectivity index (χ0) is 24.4. The van der Waals surface area contributed by atoms with E-state index in [0.717, 1.165) is 35.9 Å². The van der Waals surface area contributed by atoms with E-state index >= 15 is 0 Å². The first-order chi connectivity index (χ1) is 17.0. The molecule has 35 heavy (non-hydrogen) atoms. The van der Waals surface area contributed by atoms with Crippen molar-refractivity contribution in [3.8, 4) is 0 Å². The summed E-state index contributed by atoms with van der Waals surface area (Å²) < 4.78 is 34.0. The second kappa shape index (κ2) is 9.93. The van der Waals surface area contributed by atoms with Crippen LogP contribution in [0.25, 0.3) is 10.2 Å². The molecule has 0 unspecified atom stereocenters. The molecule has 2 aromatic heterocycles. The molecule has 1 saturated heterocycles.